The van der Waals surface area contributed by atoms with Gasteiger partial charge in [0, 0.05) is 18.9 Å². The molecule has 76 valence electrons. The van der Waals surface area contributed by atoms with E-state index in [1.165, 1.54) is 0 Å². The van der Waals surface area contributed by atoms with Crippen molar-refractivity contribution in [3.8, 4) is 11.8 Å². The Morgan fingerprint density at radius 2 is 2.31 bits per heavy atom. The molecule has 4 heteroatoms. The molecule has 13 heavy (non-hydrogen) atoms. The van der Waals surface area contributed by atoms with Crippen LogP contribution in [-0.2, 0) is 4.74 Å². The summed E-state index contributed by atoms with van der Waals surface area (Å²) in [5, 5.41) is 3.29. The molecule has 0 heterocycles. The Bertz CT molecular complexity index is 153. The highest BCUT2D eigenvalue weighted by Crippen LogP contribution is 2.01. The van der Waals surface area contributed by atoms with E-state index in [0.29, 0.717) is 6.61 Å². The average Bonchev–Trinajstić information content (AvgIpc) is 2.16. The van der Waals surface area contributed by atoms with Crippen molar-refractivity contribution in [3.05, 3.63) is 0 Å². The summed E-state index contributed by atoms with van der Waals surface area (Å²) in [5.41, 5.74) is 0. The summed E-state index contributed by atoms with van der Waals surface area (Å²) in [4.78, 5) is 0. The molecule has 0 aliphatic rings. The fourth-order valence-corrected chi connectivity index (χ4v) is 1.25. The Kier molecular flexibility index (Phi) is 12.3. The molecule has 0 aromatic heterocycles. The van der Waals surface area contributed by atoms with Gasteiger partial charge in [0.1, 0.15) is 6.61 Å². The Morgan fingerprint density at radius 3 is 3.00 bits per heavy atom. The molecular formula is C9H17NOS2. The molecule has 0 rings (SSSR count). The zero-order valence-corrected chi connectivity index (χ0v) is 9.72. The van der Waals surface area contributed by atoms with Gasteiger partial charge in [0.15, 0.2) is 0 Å². The molecule has 1 N–H and O–H groups in total. The van der Waals surface area contributed by atoms with Crippen molar-refractivity contribution in [3.63, 3.8) is 0 Å². The number of ether oxygens (including phenoxy) is 1. The summed E-state index contributed by atoms with van der Waals surface area (Å²) in [7, 11) is 1.56. The van der Waals surface area contributed by atoms with Crippen LogP contribution in [0.1, 0.15) is 13.3 Å². The van der Waals surface area contributed by atoms with Crippen molar-refractivity contribution in [2.75, 3.05) is 32.1 Å². The first-order valence-electron chi connectivity index (χ1n) is 4.36. The summed E-state index contributed by atoms with van der Waals surface area (Å²) in [6.45, 7) is 5.19. The van der Waals surface area contributed by atoms with Gasteiger partial charge < -0.3 is 10.1 Å². The molecule has 0 radical (unpaired) electrons. The predicted molar refractivity (Wildman–Crippen MR) is 63.2 cm³/mol. The maximum absolute atomic E-state index is 5.25. The Labute approximate surface area is 90.0 Å². The molecule has 0 bridgehead atoms. The molecular weight excluding hydrogens is 202 g/mol. The molecule has 2 nitrogen and oxygen atoms in total. The summed E-state index contributed by atoms with van der Waals surface area (Å²) < 4.78 is 5.25. The van der Waals surface area contributed by atoms with Gasteiger partial charge >= 0.3 is 0 Å². The van der Waals surface area contributed by atoms with Gasteiger partial charge in [0.05, 0.1) is 0 Å². The van der Waals surface area contributed by atoms with Gasteiger partial charge in [-0.3, -0.25) is 0 Å². The van der Waals surface area contributed by atoms with Crippen molar-refractivity contribution in [1.29, 1.82) is 0 Å². The third-order valence-corrected chi connectivity index (χ3v) is 2.30. The van der Waals surface area contributed by atoms with Crippen molar-refractivity contribution in [2.24, 2.45) is 0 Å². The van der Waals surface area contributed by atoms with Gasteiger partial charge in [0.25, 0.3) is 0 Å². The zero-order chi connectivity index (χ0) is 9.78. The lowest BCUT2D eigenvalue weighted by atomic mass is 10.4. The molecule has 0 fully saturated rings. The first-order chi connectivity index (χ1) is 6.41. The zero-order valence-electron chi connectivity index (χ0n) is 8.01. The molecule has 0 aromatic rings. The van der Waals surface area contributed by atoms with Crippen LogP contribution < -0.4 is 5.32 Å². The number of thiol groups is 1. The lowest BCUT2D eigenvalue weighted by Crippen LogP contribution is -2.19. The molecule has 0 amide bonds. The molecule has 0 aliphatic carbocycles. The molecule has 0 aliphatic heterocycles. The van der Waals surface area contributed by atoms with E-state index in [1.54, 1.807) is 10.8 Å². The van der Waals surface area contributed by atoms with Crippen LogP contribution in [0, 0.1) is 11.8 Å². The summed E-state index contributed by atoms with van der Waals surface area (Å²) in [6, 6.07) is 0. The SMILES string of the molecule is CC#CCOCCCNCCSS. The van der Waals surface area contributed by atoms with E-state index >= 15 is 0 Å². The van der Waals surface area contributed by atoms with Crippen LogP contribution in [0.25, 0.3) is 0 Å². The van der Waals surface area contributed by atoms with Gasteiger partial charge in [-0.2, -0.15) is 0 Å². The first kappa shape index (κ1) is 13.2. The quantitative estimate of drug-likeness (QED) is 0.280. The van der Waals surface area contributed by atoms with Crippen LogP contribution in [0.3, 0.4) is 0 Å². The van der Waals surface area contributed by atoms with Crippen molar-refractivity contribution in [2.45, 2.75) is 13.3 Å². The van der Waals surface area contributed by atoms with Gasteiger partial charge in [-0.25, -0.2) is 0 Å². The summed E-state index contributed by atoms with van der Waals surface area (Å²) in [5.74, 6) is 6.68. The van der Waals surface area contributed by atoms with E-state index in [1.807, 2.05) is 6.92 Å². The van der Waals surface area contributed by atoms with Crippen LogP contribution >= 0.6 is 22.5 Å². The predicted octanol–water partition coefficient (Wildman–Crippen LogP) is 1.58. The molecule has 0 saturated heterocycles. The normalized spacial score (nSPS) is 9.38. The summed E-state index contributed by atoms with van der Waals surface area (Å²) in [6.07, 6.45) is 1.04. The van der Waals surface area contributed by atoms with E-state index in [-0.39, 0.29) is 0 Å². The number of hydrogen-bond acceptors (Lipinski definition) is 4. The Morgan fingerprint density at radius 1 is 1.46 bits per heavy atom. The molecule has 0 saturated carbocycles. The minimum absolute atomic E-state index is 0.559. The molecule has 0 spiro atoms. The van der Waals surface area contributed by atoms with Crippen LogP contribution in [-0.4, -0.2) is 32.1 Å². The van der Waals surface area contributed by atoms with Gasteiger partial charge in [-0.1, -0.05) is 16.7 Å². The van der Waals surface area contributed by atoms with E-state index in [0.717, 1.165) is 31.9 Å². The van der Waals surface area contributed by atoms with Gasteiger partial charge in [-0.05, 0) is 19.9 Å². The third kappa shape index (κ3) is 12.2. The molecule has 0 aromatic carbocycles. The lowest BCUT2D eigenvalue weighted by molar-refractivity contribution is 0.164. The smallest absolute Gasteiger partial charge is 0.107 e. The van der Waals surface area contributed by atoms with Crippen molar-refractivity contribution in [1.82, 2.24) is 5.32 Å². The van der Waals surface area contributed by atoms with E-state index in [9.17, 15) is 0 Å². The first-order valence-corrected chi connectivity index (χ1v) is 6.40. The molecule has 0 atom stereocenters. The highest BCUT2D eigenvalue weighted by atomic mass is 33.1. The Hall–Kier alpha value is 0.180. The van der Waals surface area contributed by atoms with Crippen molar-refractivity contribution < 1.29 is 4.74 Å². The topological polar surface area (TPSA) is 21.3 Å². The minimum Gasteiger partial charge on any atom is -0.369 e. The lowest BCUT2D eigenvalue weighted by Gasteiger charge is -2.02. The fourth-order valence-electron chi connectivity index (χ4n) is 0.737. The van der Waals surface area contributed by atoms with Crippen LogP contribution in [0.2, 0.25) is 0 Å². The second-order valence-electron chi connectivity index (χ2n) is 2.42. The van der Waals surface area contributed by atoms with Crippen molar-refractivity contribution >= 4 is 22.5 Å². The van der Waals surface area contributed by atoms with E-state index in [2.05, 4.69) is 28.8 Å². The second kappa shape index (κ2) is 12.2. The number of hydrogen-bond donors (Lipinski definition) is 2. The van der Waals surface area contributed by atoms with Crippen LogP contribution in [0.5, 0.6) is 0 Å². The Balaban J connectivity index is 2.86. The second-order valence-corrected chi connectivity index (χ2v) is 3.86. The maximum Gasteiger partial charge on any atom is 0.107 e. The maximum atomic E-state index is 5.25. The monoisotopic (exact) mass is 219 g/mol. The average molecular weight is 219 g/mol. The number of rotatable bonds is 8. The van der Waals surface area contributed by atoms with Gasteiger partial charge in [-0.15, -0.1) is 17.6 Å². The van der Waals surface area contributed by atoms with E-state index < -0.39 is 0 Å². The van der Waals surface area contributed by atoms with Gasteiger partial charge in [0.2, 0.25) is 0 Å². The third-order valence-electron chi connectivity index (χ3n) is 1.36. The fraction of sp³-hybridized carbons (Fsp3) is 0.778. The van der Waals surface area contributed by atoms with Crippen LogP contribution in [0.4, 0.5) is 0 Å². The standard InChI is InChI=1S/C9H17NOS2/c1-2-3-7-11-8-4-5-10-6-9-13-12/h10,12H,4-9H2,1H3. The van der Waals surface area contributed by atoms with Crippen LogP contribution in [0.15, 0.2) is 0 Å². The highest BCUT2D eigenvalue weighted by Gasteiger charge is 1.87. The van der Waals surface area contributed by atoms with E-state index in [4.69, 9.17) is 4.74 Å². The minimum atomic E-state index is 0.559. The highest BCUT2D eigenvalue weighted by molar-refractivity contribution is 8.68. The number of nitrogens with one attached hydrogen (secondary N) is 1. The largest absolute Gasteiger partial charge is 0.369 e. The summed E-state index contributed by atoms with van der Waals surface area (Å²) >= 11 is 4.04. The molecule has 0 unspecified atom stereocenters.